The summed E-state index contributed by atoms with van der Waals surface area (Å²) >= 11 is 6.59. The molecule has 0 atom stereocenters. The van der Waals surface area contributed by atoms with Crippen LogP contribution < -0.4 is 5.32 Å². The highest BCUT2D eigenvalue weighted by Crippen LogP contribution is 2.22. The summed E-state index contributed by atoms with van der Waals surface area (Å²) in [6.45, 7) is 0. The minimum Gasteiger partial charge on any atom is -0.306 e. The van der Waals surface area contributed by atoms with Gasteiger partial charge in [-0.15, -0.1) is 0 Å². The number of amides is 1. The van der Waals surface area contributed by atoms with Gasteiger partial charge in [0.2, 0.25) is 5.95 Å². The number of nitrogens with one attached hydrogen (secondary N) is 1. The number of nitrogens with zero attached hydrogens (tertiary/aromatic N) is 1. The van der Waals surface area contributed by atoms with Crippen LogP contribution in [0.3, 0.4) is 0 Å². The van der Waals surface area contributed by atoms with Gasteiger partial charge < -0.3 is 5.32 Å². The average Bonchev–Trinajstić information content (AvgIpc) is 2.28. The lowest BCUT2D eigenvalue weighted by molar-refractivity contribution is 0.102. The average molecular weight is 374 g/mol. The third-order valence-corrected chi connectivity index (χ3v) is 3.28. The lowest BCUT2D eigenvalue weighted by Crippen LogP contribution is -2.13. The predicted octanol–water partition coefficient (Wildman–Crippen LogP) is 4.00. The zero-order valence-electron chi connectivity index (χ0n) is 8.95. The Labute approximate surface area is 120 Å². The Bertz CT molecular complexity index is 604. The lowest BCUT2D eigenvalue weighted by Gasteiger charge is -2.06. The van der Waals surface area contributed by atoms with E-state index in [2.05, 4.69) is 42.2 Å². The molecule has 92 valence electrons. The van der Waals surface area contributed by atoms with E-state index in [4.69, 9.17) is 0 Å². The van der Waals surface area contributed by atoms with Crippen LogP contribution in [-0.4, -0.2) is 10.9 Å². The van der Waals surface area contributed by atoms with Gasteiger partial charge in [-0.05, 0) is 46.3 Å². The number of hydrogen-bond donors (Lipinski definition) is 1. The number of pyridine rings is 1. The maximum absolute atomic E-state index is 12.9. The number of rotatable bonds is 2. The second-order valence-electron chi connectivity index (χ2n) is 3.42. The molecule has 1 heterocycles. The molecule has 0 saturated heterocycles. The minimum absolute atomic E-state index is 0.176. The smallest absolute Gasteiger partial charge is 0.257 e. The van der Waals surface area contributed by atoms with E-state index in [0.717, 1.165) is 4.47 Å². The van der Waals surface area contributed by atoms with Crippen molar-refractivity contribution in [2.45, 2.75) is 0 Å². The van der Waals surface area contributed by atoms with E-state index in [-0.39, 0.29) is 11.7 Å². The molecule has 0 fully saturated rings. The van der Waals surface area contributed by atoms with E-state index >= 15 is 0 Å². The van der Waals surface area contributed by atoms with E-state index in [0.29, 0.717) is 10.0 Å². The second-order valence-corrected chi connectivity index (χ2v) is 5.19. The molecule has 0 unspecified atom stereocenters. The zero-order valence-corrected chi connectivity index (χ0v) is 12.1. The van der Waals surface area contributed by atoms with Crippen molar-refractivity contribution in [3.05, 3.63) is 56.9 Å². The number of benzene rings is 1. The van der Waals surface area contributed by atoms with Crippen LogP contribution in [0.1, 0.15) is 10.4 Å². The van der Waals surface area contributed by atoms with Gasteiger partial charge >= 0.3 is 0 Å². The van der Waals surface area contributed by atoms with Crippen molar-refractivity contribution in [3.63, 3.8) is 0 Å². The van der Waals surface area contributed by atoms with Crippen molar-refractivity contribution in [2.75, 3.05) is 5.32 Å². The largest absolute Gasteiger partial charge is 0.306 e. The van der Waals surface area contributed by atoms with Crippen molar-refractivity contribution >= 4 is 43.6 Å². The number of halogens is 3. The Balaban J connectivity index is 2.22. The van der Waals surface area contributed by atoms with E-state index in [9.17, 15) is 9.18 Å². The Morgan fingerprint density at radius 3 is 2.67 bits per heavy atom. The first-order valence-corrected chi connectivity index (χ1v) is 6.54. The summed E-state index contributed by atoms with van der Waals surface area (Å²) in [6.07, 6.45) is 0. The van der Waals surface area contributed by atoms with Gasteiger partial charge in [0.05, 0.1) is 5.56 Å². The monoisotopic (exact) mass is 372 g/mol. The van der Waals surface area contributed by atoms with Crippen LogP contribution in [0.15, 0.2) is 45.3 Å². The molecule has 2 rings (SSSR count). The van der Waals surface area contributed by atoms with Crippen molar-refractivity contribution in [2.24, 2.45) is 0 Å². The molecule has 18 heavy (non-hydrogen) atoms. The Morgan fingerprint density at radius 2 is 2.00 bits per heavy atom. The number of carbonyl (C=O) groups excluding carboxylic acids is 1. The molecule has 0 aliphatic rings. The molecule has 1 N–H and O–H groups in total. The first kappa shape index (κ1) is 13.2. The molecule has 3 nitrogen and oxygen atoms in total. The summed E-state index contributed by atoms with van der Waals surface area (Å²) in [6, 6.07) is 9.38. The third kappa shape index (κ3) is 3.14. The fourth-order valence-electron chi connectivity index (χ4n) is 1.34. The molecular formula is C12H7Br2FN2O. The highest BCUT2D eigenvalue weighted by Gasteiger charge is 2.11. The van der Waals surface area contributed by atoms with Crippen LogP contribution in [0.4, 0.5) is 10.2 Å². The highest BCUT2D eigenvalue weighted by molar-refractivity contribution is 9.11. The quantitative estimate of drug-likeness (QED) is 0.808. The van der Waals surface area contributed by atoms with Crippen molar-refractivity contribution in [3.8, 4) is 0 Å². The van der Waals surface area contributed by atoms with Gasteiger partial charge in [0.15, 0.2) is 0 Å². The normalized spacial score (nSPS) is 10.2. The lowest BCUT2D eigenvalue weighted by atomic mass is 10.2. The molecule has 0 radical (unpaired) electrons. The Hall–Kier alpha value is -1.27. The SMILES string of the molecule is O=C(Nc1cccc(F)n1)c1ccc(Br)cc1Br. The second kappa shape index (κ2) is 5.58. The molecule has 1 amide bonds. The summed E-state index contributed by atoms with van der Waals surface area (Å²) in [4.78, 5) is 15.5. The van der Waals surface area contributed by atoms with E-state index < -0.39 is 5.95 Å². The van der Waals surface area contributed by atoms with Crippen LogP contribution in [-0.2, 0) is 0 Å². The van der Waals surface area contributed by atoms with Gasteiger partial charge in [-0.1, -0.05) is 22.0 Å². The van der Waals surface area contributed by atoms with E-state index in [1.807, 2.05) is 0 Å². The van der Waals surface area contributed by atoms with E-state index in [1.165, 1.54) is 18.2 Å². The van der Waals surface area contributed by atoms with Gasteiger partial charge in [0.25, 0.3) is 5.91 Å². The molecule has 0 aliphatic carbocycles. The summed E-state index contributed by atoms with van der Waals surface area (Å²) < 4.78 is 14.4. The fourth-order valence-corrected chi connectivity index (χ4v) is 2.56. The molecule has 0 bridgehead atoms. The first-order valence-electron chi connectivity index (χ1n) is 4.95. The summed E-state index contributed by atoms with van der Waals surface area (Å²) in [5, 5.41) is 2.52. The minimum atomic E-state index is -0.636. The van der Waals surface area contributed by atoms with Crippen molar-refractivity contribution < 1.29 is 9.18 Å². The first-order chi connectivity index (χ1) is 8.56. The molecule has 0 spiro atoms. The number of hydrogen-bond acceptors (Lipinski definition) is 2. The van der Waals surface area contributed by atoms with Crippen LogP contribution in [0, 0.1) is 5.95 Å². The van der Waals surface area contributed by atoms with Crippen LogP contribution in [0.2, 0.25) is 0 Å². The molecule has 1 aromatic carbocycles. The van der Waals surface area contributed by atoms with Crippen molar-refractivity contribution in [1.82, 2.24) is 4.98 Å². The standard InChI is InChI=1S/C12H7Br2FN2O/c13-7-4-5-8(9(14)6-7)12(18)17-11-3-1-2-10(15)16-11/h1-6H,(H,16,17,18). The Morgan fingerprint density at radius 1 is 1.22 bits per heavy atom. The third-order valence-electron chi connectivity index (χ3n) is 2.13. The Kier molecular flexibility index (Phi) is 4.08. The van der Waals surface area contributed by atoms with Gasteiger partial charge in [-0.3, -0.25) is 4.79 Å². The number of aromatic nitrogens is 1. The highest BCUT2D eigenvalue weighted by atomic mass is 79.9. The van der Waals surface area contributed by atoms with Crippen LogP contribution in [0.5, 0.6) is 0 Å². The number of anilines is 1. The summed E-state index contributed by atoms with van der Waals surface area (Å²) in [7, 11) is 0. The number of carbonyl (C=O) groups is 1. The zero-order chi connectivity index (χ0) is 13.1. The topological polar surface area (TPSA) is 42.0 Å². The molecule has 6 heteroatoms. The van der Waals surface area contributed by atoms with Gasteiger partial charge in [-0.25, -0.2) is 4.98 Å². The maximum Gasteiger partial charge on any atom is 0.257 e. The summed E-state index contributed by atoms with van der Waals surface area (Å²) in [5.74, 6) is -0.815. The van der Waals surface area contributed by atoms with Gasteiger partial charge in [0, 0.05) is 8.95 Å². The van der Waals surface area contributed by atoms with Crippen LogP contribution >= 0.6 is 31.9 Å². The predicted molar refractivity (Wildman–Crippen MR) is 74.0 cm³/mol. The summed E-state index contributed by atoms with van der Waals surface area (Å²) in [5.41, 5.74) is 0.448. The molecule has 2 aromatic rings. The molecule has 0 aliphatic heterocycles. The molecular weight excluding hydrogens is 367 g/mol. The van der Waals surface area contributed by atoms with Crippen molar-refractivity contribution in [1.29, 1.82) is 0 Å². The fraction of sp³-hybridized carbons (Fsp3) is 0. The molecule has 0 saturated carbocycles. The van der Waals surface area contributed by atoms with E-state index in [1.54, 1.807) is 18.2 Å². The molecule has 1 aromatic heterocycles. The van der Waals surface area contributed by atoms with Gasteiger partial charge in [0.1, 0.15) is 5.82 Å². The van der Waals surface area contributed by atoms with Gasteiger partial charge in [-0.2, -0.15) is 4.39 Å². The maximum atomic E-state index is 12.9. The van der Waals surface area contributed by atoms with Crippen LogP contribution in [0.25, 0.3) is 0 Å².